The quantitative estimate of drug-likeness (QED) is 0.598. The molecule has 0 spiro atoms. The molecule has 0 aromatic carbocycles. The van der Waals surface area contributed by atoms with Gasteiger partial charge in [0.25, 0.3) is 0 Å². The fourth-order valence-corrected chi connectivity index (χ4v) is 0.614. The van der Waals surface area contributed by atoms with Gasteiger partial charge in [-0.15, -0.1) is 13.2 Å². The van der Waals surface area contributed by atoms with Crippen LogP contribution in [-0.4, -0.2) is 25.9 Å². The van der Waals surface area contributed by atoms with Gasteiger partial charge in [0.05, 0.1) is 13.3 Å². The van der Waals surface area contributed by atoms with E-state index in [0.29, 0.717) is 0 Å². The Bertz CT molecular complexity index is 110. The highest BCUT2D eigenvalue weighted by molar-refractivity contribution is 4.57. The van der Waals surface area contributed by atoms with Crippen LogP contribution in [0.5, 0.6) is 0 Å². The minimum Gasteiger partial charge on any atom is -0.362 e. The van der Waals surface area contributed by atoms with Crippen LogP contribution in [0, 0.1) is 0 Å². The third-order valence-corrected chi connectivity index (χ3v) is 0.958. The summed E-state index contributed by atoms with van der Waals surface area (Å²) in [5.74, 6) is 0. The fraction of sp³-hybridized carbons (Fsp3) is 1.00. The van der Waals surface area contributed by atoms with Gasteiger partial charge in [-0.05, 0) is 0 Å². The first-order chi connectivity index (χ1) is 4.58. The van der Waals surface area contributed by atoms with E-state index in [1.807, 2.05) is 0 Å². The number of nitrogens with one attached hydrogen (secondary N) is 1. The number of alkyl halides is 3. The van der Waals surface area contributed by atoms with E-state index in [0.717, 1.165) is 0 Å². The molecule has 1 atom stereocenters. The molecule has 0 aliphatic carbocycles. The summed E-state index contributed by atoms with van der Waals surface area (Å²) in [5.41, 5.74) is 0. The minimum absolute atomic E-state index is 0.0560. The van der Waals surface area contributed by atoms with Crippen LogP contribution >= 0.6 is 0 Å². The van der Waals surface area contributed by atoms with Crippen molar-refractivity contribution < 1.29 is 22.6 Å². The maximum Gasteiger partial charge on any atom is 0.524 e. The Hall–Kier alpha value is -0.330. The van der Waals surface area contributed by atoms with Crippen molar-refractivity contribution in [3.8, 4) is 0 Å². The lowest BCUT2D eigenvalue weighted by Crippen LogP contribution is -2.33. The molecule has 60 valence electrons. The average Bonchev–Trinajstić information content (AvgIpc) is 2.12. The van der Waals surface area contributed by atoms with Crippen LogP contribution < -0.4 is 5.32 Å². The number of rotatable bonds is 1. The van der Waals surface area contributed by atoms with Gasteiger partial charge in [-0.3, -0.25) is 10.1 Å². The molecule has 1 aliphatic heterocycles. The summed E-state index contributed by atoms with van der Waals surface area (Å²) in [6, 6.07) is 0. The van der Waals surface area contributed by atoms with E-state index >= 15 is 0 Å². The molecule has 0 radical (unpaired) electrons. The maximum atomic E-state index is 11.4. The fourth-order valence-electron chi connectivity index (χ4n) is 0.614. The van der Waals surface area contributed by atoms with E-state index in [-0.39, 0.29) is 13.3 Å². The monoisotopic (exact) mass is 157 g/mol. The first-order valence-corrected chi connectivity index (χ1v) is 2.63. The van der Waals surface area contributed by atoms with Gasteiger partial charge in [0.15, 0.2) is 0 Å². The van der Waals surface area contributed by atoms with Gasteiger partial charge in [-0.25, -0.2) is 0 Å². The molecule has 1 fully saturated rings. The van der Waals surface area contributed by atoms with Gasteiger partial charge < -0.3 is 4.74 Å². The molecule has 1 rings (SSSR count). The standard InChI is InChI=1S/C4H6F3NO2/c5-4(6,7)10-3-1-9-2-8-3/h3,8H,1-2H2. The van der Waals surface area contributed by atoms with Crippen molar-refractivity contribution >= 4 is 0 Å². The molecule has 0 saturated carbocycles. The van der Waals surface area contributed by atoms with E-state index in [1.165, 1.54) is 0 Å². The molecular weight excluding hydrogens is 151 g/mol. The topological polar surface area (TPSA) is 30.5 Å². The third kappa shape index (κ3) is 2.51. The second-order valence-corrected chi connectivity index (χ2v) is 1.77. The molecule has 1 aliphatic rings. The van der Waals surface area contributed by atoms with Crippen LogP contribution in [0.1, 0.15) is 0 Å². The Balaban J connectivity index is 2.24. The van der Waals surface area contributed by atoms with Crippen molar-refractivity contribution in [2.45, 2.75) is 12.6 Å². The summed E-state index contributed by atoms with van der Waals surface area (Å²) in [6.45, 7) is 0.0558. The molecule has 1 unspecified atom stereocenters. The smallest absolute Gasteiger partial charge is 0.362 e. The van der Waals surface area contributed by atoms with Crippen LogP contribution in [0.15, 0.2) is 0 Å². The summed E-state index contributed by atoms with van der Waals surface area (Å²) >= 11 is 0. The van der Waals surface area contributed by atoms with Crippen molar-refractivity contribution in [1.29, 1.82) is 0 Å². The van der Waals surface area contributed by atoms with E-state index in [2.05, 4.69) is 14.8 Å². The predicted molar refractivity (Wildman–Crippen MR) is 24.9 cm³/mol. The first kappa shape index (κ1) is 7.77. The van der Waals surface area contributed by atoms with Gasteiger partial charge in [0, 0.05) is 0 Å². The lowest BCUT2D eigenvalue weighted by molar-refractivity contribution is -0.344. The van der Waals surface area contributed by atoms with Gasteiger partial charge in [-0.2, -0.15) is 0 Å². The van der Waals surface area contributed by atoms with Gasteiger partial charge in [-0.1, -0.05) is 0 Å². The molecule has 1 N–H and O–H groups in total. The average molecular weight is 157 g/mol. The predicted octanol–water partition coefficient (Wildman–Crippen LogP) is 0.426. The highest BCUT2D eigenvalue weighted by Crippen LogP contribution is 2.18. The molecule has 0 amide bonds. The van der Waals surface area contributed by atoms with Crippen LogP contribution in [-0.2, 0) is 9.47 Å². The second kappa shape index (κ2) is 2.73. The van der Waals surface area contributed by atoms with E-state index in [9.17, 15) is 13.2 Å². The Morgan fingerprint density at radius 3 is 2.60 bits per heavy atom. The molecule has 1 heterocycles. The molecule has 0 bridgehead atoms. The molecule has 10 heavy (non-hydrogen) atoms. The first-order valence-electron chi connectivity index (χ1n) is 2.63. The lowest BCUT2D eigenvalue weighted by atomic mass is 10.6. The maximum absolute atomic E-state index is 11.4. The van der Waals surface area contributed by atoms with E-state index in [1.54, 1.807) is 0 Å². The number of ether oxygens (including phenoxy) is 2. The van der Waals surface area contributed by atoms with E-state index < -0.39 is 12.6 Å². The summed E-state index contributed by atoms with van der Waals surface area (Å²) < 4.78 is 42.3. The van der Waals surface area contributed by atoms with Gasteiger partial charge >= 0.3 is 6.36 Å². The molecule has 3 nitrogen and oxygen atoms in total. The molecular formula is C4H6F3NO2. The summed E-state index contributed by atoms with van der Waals surface area (Å²) in [7, 11) is 0. The summed E-state index contributed by atoms with van der Waals surface area (Å²) in [5, 5.41) is 2.35. The summed E-state index contributed by atoms with van der Waals surface area (Å²) in [6.07, 6.45) is -5.62. The van der Waals surface area contributed by atoms with Crippen LogP contribution in [0.4, 0.5) is 13.2 Å². The largest absolute Gasteiger partial charge is 0.524 e. The highest BCUT2D eigenvalue weighted by Gasteiger charge is 2.34. The normalized spacial score (nSPS) is 27.3. The number of hydrogen-bond donors (Lipinski definition) is 1. The van der Waals surface area contributed by atoms with Crippen molar-refractivity contribution in [1.82, 2.24) is 5.32 Å². The number of hydrogen-bond acceptors (Lipinski definition) is 3. The van der Waals surface area contributed by atoms with Gasteiger partial charge in [0.2, 0.25) is 0 Å². The molecule has 6 heteroatoms. The minimum atomic E-state index is -4.58. The Labute approximate surface area is 55.1 Å². The zero-order chi connectivity index (χ0) is 7.61. The van der Waals surface area contributed by atoms with Crippen molar-refractivity contribution in [3.05, 3.63) is 0 Å². The Kier molecular flexibility index (Phi) is 2.12. The van der Waals surface area contributed by atoms with E-state index in [4.69, 9.17) is 0 Å². The van der Waals surface area contributed by atoms with Crippen LogP contribution in [0.2, 0.25) is 0 Å². The van der Waals surface area contributed by atoms with Crippen molar-refractivity contribution in [2.24, 2.45) is 0 Å². The van der Waals surface area contributed by atoms with Crippen molar-refractivity contribution in [2.75, 3.05) is 13.3 Å². The highest BCUT2D eigenvalue weighted by atomic mass is 19.4. The number of halogens is 3. The van der Waals surface area contributed by atoms with Crippen molar-refractivity contribution in [3.63, 3.8) is 0 Å². The summed E-state index contributed by atoms with van der Waals surface area (Å²) in [4.78, 5) is 0. The van der Waals surface area contributed by atoms with Crippen LogP contribution in [0.25, 0.3) is 0 Å². The Morgan fingerprint density at radius 1 is 1.50 bits per heavy atom. The molecule has 0 aromatic heterocycles. The lowest BCUT2D eigenvalue weighted by Gasteiger charge is -2.11. The van der Waals surface area contributed by atoms with Crippen LogP contribution in [0.3, 0.4) is 0 Å². The third-order valence-electron chi connectivity index (χ3n) is 0.958. The van der Waals surface area contributed by atoms with Gasteiger partial charge in [0.1, 0.15) is 6.23 Å². The Morgan fingerprint density at radius 2 is 2.20 bits per heavy atom. The second-order valence-electron chi connectivity index (χ2n) is 1.77. The zero-order valence-corrected chi connectivity index (χ0v) is 4.94. The SMILES string of the molecule is FC(F)(F)OC1COCN1. The molecule has 1 saturated heterocycles. The zero-order valence-electron chi connectivity index (χ0n) is 4.94. The molecule has 0 aromatic rings.